The van der Waals surface area contributed by atoms with Gasteiger partial charge in [-0.15, -0.1) is 0 Å². The number of nitrogens with one attached hydrogen (secondary N) is 3. The van der Waals surface area contributed by atoms with Gasteiger partial charge in [0, 0.05) is 50.5 Å². The van der Waals surface area contributed by atoms with Crippen LogP contribution in [0.25, 0.3) is 0 Å². The van der Waals surface area contributed by atoms with Crippen molar-refractivity contribution in [2.75, 3.05) is 36.8 Å². The third-order valence-corrected chi connectivity index (χ3v) is 7.28. The molecule has 1 aliphatic heterocycles. The summed E-state index contributed by atoms with van der Waals surface area (Å²) in [6, 6.07) is 0.794. The fraction of sp³-hybridized carbons (Fsp3) is 0.680. The molecule has 0 aromatic carbocycles. The van der Waals surface area contributed by atoms with E-state index in [4.69, 9.17) is 0 Å². The molecule has 9 nitrogen and oxygen atoms in total. The molecule has 0 radical (unpaired) electrons. The number of alkyl halides is 3. The van der Waals surface area contributed by atoms with Crippen molar-refractivity contribution in [2.45, 2.75) is 77.6 Å². The zero-order valence-corrected chi connectivity index (χ0v) is 21.7. The minimum absolute atomic E-state index is 0.0251. The molecule has 0 bridgehead atoms. The molecule has 0 atom stereocenters. The number of likely N-dealkylation sites (tertiary alicyclic amines) is 1. The first-order valence-corrected chi connectivity index (χ1v) is 13.1. The number of rotatable bonds is 10. The van der Waals surface area contributed by atoms with Gasteiger partial charge >= 0.3 is 6.18 Å². The molecule has 2 aromatic rings. The van der Waals surface area contributed by atoms with Crippen LogP contribution in [-0.4, -0.2) is 62.8 Å². The van der Waals surface area contributed by atoms with E-state index in [1.807, 2.05) is 17.8 Å². The molecule has 12 heteroatoms. The largest absolute Gasteiger partial charge is 0.421 e. The molecule has 0 unspecified atom stereocenters. The molecule has 0 spiro atoms. The summed E-state index contributed by atoms with van der Waals surface area (Å²) in [6.07, 6.45) is 3.42. The van der Waals surface area contributed by atoms with Gasteiger partial charge in [0.1, 0.15) is 11.4 Å². The van der Waals surface area contributed by atoms with Crippen molar-refractivity contribution in [2.24, 2.45) is 5.92 Å². The number of carbonyl (C=O) groups is 1. The van der Waals surface area contributed by atoms with Crippen molar-refractivity contribution in [1.82, 2.24) is 30.0 Å². The fourth-order valence-electron chi connectivity index (χ4n) is 4.68. The maximum Gasteiger partial charge on any atom is 0.421 e. The maximum absolute atomic E-state index is 13.6. The van der Waals surface area contributed by atoms with E-state index < -0.39 is 11.7 Å². The van der Waals surface area contributed by atoms with Crippen LogP contribution in [0.3, 0.4) is 0 Å². The van der Waals surface area contributed by atoms with E-state index in [0.29, 0.717) is 24.7 Å². The molecule has 2 aromatic heterocycles. The van der Waals surface area contributed by atoms with Gasteiger partial charge in [0.05, 0.1) is 17.4 Å². The van der Waals surface area contributed by atoms with Crippen LogP contribution in [0.1, 0.15) is 69.7 Å². The normalized spacial score (nSPS) is 17.6. The molecule has 37 heavy (non-hydrogen) atoms. The molecule has 2 fully saturated rings. The van der Waals surface area contributed by atoms with Crippen LogP contribution in [0.5, 0.6) is 0 Å². The Hall–Kier alpha value is -2.89. The third kappa shape index (κ3) is 6.91. The van der Waals surface area contributed by atoms with Crippen LogP contribution in [0.2, 0.25) is 0 Å². The van der Waals surface area contributed by atoms with Crippen LogP contribution in [0, 0.1) is 12.8 Å². The first-order chi connectivity index (χ1) is 17.6. The molecular formula is C25H37F3N8O. The van der Waals surface area contributed by atoms with Crippen molar-refractivity contribution in [3.63, 3.8) is 0 Å². The van der Waals surface area contributed by atoms with Crippen molar-refractivity contribution >= 4 is 23.4 Å². The molecular weight excluding hydrogens is 485 g/mol. The number of amides is 1. The Balaban J connectivity index is 1.37. The number of anilines is 3. The Morgan fingerprint density at radius 1 is 1.16 bits per heavy atom. The summed E-state index contributed by atoms with van der Waals surface area (Å²) in [5.41, 5.74) is 0.461. The number of aryl methyl sites for hydroxylation is 1. The summed E-state index contributed by atoms with van der Waals surface area (Å²) in [7, 11) is 0. The molecule has 1 saturated carbocycles. The molecule has 1 aliphatic carbocycles. The predicted octanol–water partition coefficient (Wildman–Crippen LogP) is 4.51. The molecule has 3 N–H and O–H groups in total. The highest BCUT2D eigenvalue weighted by molar-refractivity contribution is 5.79. The summed E-state index contributed by atoms with van der Waals surface area (Å²) < 4.78 is 42.6. The summed E-state index contributed by atoms with van der Waals surface area (Å²) >= 11 is 0. The van der Waals surface area contributed by atoms with Crippen molar-refractivity contribution < 1.29 is 18.0 Å². The van der Waals surface area contributed by atoms with Gasteiger partial charge in [0.2, 0.25) is 11.9 Å². The van der Waals surface area contributed by atoms with E-state index in [9.17, 15) is 18.0 Å². The lowest BCUT2D eigenvalue weighted by Gasteiger charge is -2.34. The van der Waals surface area contributed by atoms with Crippen LogP contribution in [0.4, 0.5) is 30.6 Å². The maximum atomic E-state index is 13.6. The zero-order valence-electron chi connectivity index (χ0n) is 21.7. The average Bonchev–Trinajstić information content (AvgIpc) is 3.17. The van der Waals surface area contributed by atoms with Crippen molar-refractivity contribution in [3.8, 4) is 0 Å². The molecule has 3 heterocycles. The molecule has 4 rings (SSSR count). The molecule has 204 valence electrons. The first kappa shape index (κ1) is 27.2. The number of piperidine rings is 1. The first-order valence-electron chi connectivity index (χ1n) is 13.1. The van der Waals surface area contributed by atoms with Crippen molar-refractivity contribution in [3.05, 3.63) is 23.7 Å². The van der Waals surface area contributed by atoms with Crippen LogP contribution in [-0.2, 0) is 11.0 Å². The minimum Gasteiger partial charge on any atom is -0.369 e. The SMILES string of the molecule is Cc1nn(C2CCN(C(C)C)CC2)cc1Nc1ncc(C(F)(F)F)c(NCCCNC(=O)C2CCC2)n1. The van der Waals surface area contributed by atoms with Crippen LogP contribution >= 0.6 is 0 Å². The number of aromatic nitrogens is 4. The third-order valence-electron chi connectivity index (χ3n) is 7.28. The van der Waals surface area contributed by atoms with E-state index in [-0.39, 0.29) is 36.2 Å². The van der Waals surface area contributed by atoms with Gasteiger partial charge < -0.3 is 20.9 Å². The summed E-state index contributed by atoms with van der Waals surface area (Å²) in [6.45, 7) is 8.88. The van der Waals surface area contributed by atoms with Gasteiger partial charge in [0.15, 0.2) is 0 Å². The Kier molecular flexibility index (Phi) is 8.56. The van der Waals surface area contributed by atoms with E-state index in [1.165, 1.54) is 0 Å². The number of hydrogen-bond acceptors (Lipinski definition) is 7. The predicted molar refractivity (Wildman–Crippen MR) is 136 cm³/mol. The van der Waals surface area contributed by atoms with Crippen LogP contribution in [0.15, 0.2) is 12.4 Å². The van der Waals surface area contributed by atoms with Gasteiger partial charge in [-0.05, 0) is 52.9 Å². The quantitative estimate of drug-likeness (QED) is 0.395. The smallest absolute Gasteiger partial charge is 0.369 e. The van der Waals surface area contributed by atoms with Gasteiger partial charge in [-0.3, -0.25) is 9.48 Å². The summed E-state index contributed by atoms with van der Waals surface area (Å²) in [4.78, 5) is 22.4. The minimum atomic E-state index is -4.59. The fourth-order valence-corrected chi connectivity index (χ4v) is 4.68. The second-order valence-electron chi connectivity index (χ2n) is 10.2. The monoisotopic (exact) mass is 522 g/mol. The highest BCUT2D eigenvalue weighted by Gasteiger charge is 2.35. The van der Waals surface area contributed by atoms with E-state index in [0.717, 1.165) is 57.1 Å². The Bertz CT molecular complexity index is 1060. The highest BCUT2D eigenvalue weighted by Crippen LogP contribution is 2.34. The number of halogens is 3. The Labute approximate surface area is 215 Å². The molecule has 2 aliphatic rings. The van der Waals surface area contributed by atoms with E-state index in [2.05, 4.69) is 49.8 Å². The summed E-state index contributed by atoms with van der Waals surface area (Å²) in [5, 5.41) is 13.3. The lowest BCUT2D eigenvalue weighted by atomic mass is 9.85. The number of hydrogen-bond donors (Lipinski definition) is 3. The standard InChI is InChI=1S/C25H37F3N8O/c1-16(2)35-12-8-19(9-13-35)36-15-21(17(3)34-36)32-24-31-14-20(25(26,27)28)22(33-24)29-10-5-11-30-23(37)18-6-4-7-18/h14-16,18-19H,4-13H2,1-3H3,(H,30,37)(H2,29,31,32,33). The second-order valence-corrected chi connectivity index (χ2v) is 10.2. The molecule has 1 amide bonds. The molecule has 1 saturated heterocycles. The summed E-state index contributed by atoms with van der Waals surface area (Å²) in [5.74, 6) is -0.120. The van der Waals surface area contributed by atoms with Gasteiger partial charge in [-0.2, -0.15) is 23.3 Å². The van der Waals surface area contributed by atoms with Gasteiger partial charge in [0.25, 0.3) is 0 Å². The van der Waals surface area contributed by atoms with E-state index >= 15 is 0 Å². The highest BCUT2D eigenvalue weighted by atomic mass is 19.4. The van der Waals surface area contributed by atoms with E-state index in [1.54, 1.807) is 0 Å². The van der Waals surface area contributed by atoms with Gasteiger partial charge in [-0.1, -0.05) is 6.42 Å². The Morgan fingerprint density at radius 3 is 2.51 bits per heavy atom. The van der Waals surface area contributed by atoms with Gasteiger partial charge in [-0.25, -0.2) is 4.98 Å². The topological polar surface area (TPSA) is 100 Å². The lowest BCUT2D eigenvalue weighted by molar-refractivity contribution is -0.137. The zero-order chi connectivity index (χ0) is 26.6. The second kappa shape index (κ2) is 11.7. The Morgan fingerprint density at radius 2 is 1.89 bits per heavy atom. The van der Waals surface area contributed by atoms with Crippen LogP contribution < -0.4 is 16.0 Å². The van der Waals surface area contributed by atoms with Crippen molar-refractivity contribution in [1.29, 1.82) is 0 Å². The lowest BCUT2D eigenvalue weighted by Crippen LogP contribution is -2.39. The number of carbonyl (C=O) groups excluding carboxylic acids is 1. The number of nitrogens with zero attached hydrogens (tertiary/aromatic N) is 5. The average molecular weight is 523 g/mol.